The lowest BCUT2D eigenvalue weighted by Gasteiger charge is -2.37. The Kier molecular flexibility index (Phi) is 8.47. The molecule has 10 heteroatoms. The smallest absolute Gasteiger partial charge is 0.228 e. The van der Waals surface area contributed by atoms with Crippen molar-refractivity contribution in [2.75, 3.05) is 44.7 Å². The number of nitrogens with zero attached hydrogens (tertiary/aromatic N) is 6. The average molecular weight is 554 g/mol. The summed E-state index contributed by atoms with van der Waals surface area (Å²) in [7, 11) is 1.80. The van der Waals surface area contributed by atoms with Crippen LogP contribution < -0.4 is 10.2 Å². The summed E-state index contributed by atoms with van der Waals surface area (Å²) in [6, 6.07) is 13.4. The minimum absolute atomic E-state index is 0. The number of benzene rings is 1. The fraction of sp³-hybridized carbons (Fsp3) is 0.333. The number of anilines is 1. The number of aromatic nitrogens is 3. The second-order valence-corrected chi connectivity index (χ2v) is 7.34. The molecule has 0 bridgehead atoms. The molecule has 164 valence electrons. The van der Waals surface area contributed by atoms with Crippen molar-refractivity contribution in [1.29, 1.82) is 0 Å². The Balaban J connectivity index is 0.00000272. The first kappa shape index (κ1) is 23.3. The largest absolute Gasteiger partial charge is 0.356 e. The van der Waals surface area contributed by atoms with Crippen LogP contribution in [-0.2, 0) is 6.42 Å². The fourth-order valence-electron chi connectivity index (χ4n) is 3.40. The summed E-state index contributed by atoms with van der Waals surface area (Å²) in [5.74, 6) is 3.02. The Morgan fingerprint density at radius 3 is 2.71 bits per heavy atom. The number of aliphatic imine (C=N–C) groups is 1. The molecule has 8 nitrogen and oxygen atoms in total. The molecule has 1 N–H and O–H groups in total. The van der Waals surface area contributed by atoms with Gasteiger partial charge < -0.3 is 19.6 Å². The molecule has 0 saturated carbocycles. The molecule has 31 heavy (non-hydrogen) atoms. The van der Waals surface area contributed by atoms with Crippen molar-refractivity contribution in [3.63, 3.8) is 0 Å². The maximum Gasteiger partial charge on any atom is 0.228 e. The van der Waals surface area contributed by atoms with E-state index in [2.05, 4.69) is 35.2 Å². The zero-order valence-electron chi connectivity index (χ0n) is 17.2. The van der Waals surface area contributed by atoms with Gasteiger partial charge in [0.2, 0.25) is 11.7 Å². The van der Waals surface area contributed by atoms with E-state index in [-0.39, 0.29) is 24.0 Å². The number of piperazine rings is 1. The monoisotopic (exact) mass is 553 g/mol. The number of pyridine rings is 1. The molecule has 0 atom stereocenters. The number of hydrogen-bond acceptors (Lipinski definition) is 6. The lowest BCUT2D eigenvalue weighted by molar-refractivity contribution is 0.364. The fourth-order valence-corrected chi connectivity index (χ4v) is 3.59. The SMILES string of the molecule is CN=C(NCCc1nc(-c2cccc(Cl)c2)no1)N1CCN(c2ccccn2)CC1.I. The lowest BCUT2D eigenvalue weighted by atomic mass is 10.2. The van der Waals surface area contributed by atoms with Gasteiger partial charge in [0.1, 0.15) is 5.82 Å². The molecule has 0 radical (unpaired) electrons. The molecule has 0 unspecified atom stereocenters. The molecule has 2 aromatic heterocycles. The highest BCUT2D eigenvalue weighted by Crippen LogP contribution is 2.20. The molecule has 1 fully saturated rings. The van der Waals surface area contributed by atoms with Crippen molar-refractivity contribution in [3.05, 3.63) is 59.6 Å². The van der Waals surface area contributed by atoms with Gasteiger partial charge in [0.15, 0.2) is 5.96 Å². The van der Waals surface area contributed by atoms with E-state index in [1.165, 1.54) is 0 Å². The van der Waals surface area contributed by atoms with E-state index in [1.807, 2.05) is 48.7 Å². The Hall–Kier alpha value is -2.40. The zero-order chi connectivity index (χ0) is 20.8. The molecule has 1 aliphatic rings. The number of rotatable bonds is 5. The van der Waals surface area contributed by atoms with Crippen LogP contribution in [0, 0.1) is 0 Å². The van der Waals surface area contributed by atoms with Crippen molar-refractivity contribution >= 4 is 47.4 Å². The van der Waals surface area contributed by atoms with Crippen LogP contribution >= 0.6 is 35.6 Å². The second kappa shape index (κ2) is 11.3. The van der Waals surface area contributed by atoms with Gasteiger partial charge in [-0.25, -0.2) is 4.98 Å². The third-order valence-electron chi connectivity index (χ3n) is 4.94. The molecule has 1 aromatic carbocycles. The molecule has 3 aromatic rings. The predicted molar refractivity (Wildman–Crippen MR) is 133 cm³/mol. The van der Waals surface area contributed by atoms with E-state index in [9.17, 15) is 0 Å². The summed E-state index contributed by atoms with van der Waals surface area (Å²) in [5.41, 5.74) is 0.840. The van der Waals surface area contributed by atoms with E-state index in [0.29, 0.717) is 29.7 Å². The van der Waals surface area contributed by atoms with Gasteiger partial charge in [-0.1, -0.05) is 35.0 Å². The first-order valence-corrected chi connectivity index (χ1v) is 10.3. The zero-order valence-corrected chi connectivity index (χ0v) is 20.3. The van der Waals surface area contributed by atoms with Crippen molar-refractivity contribution < 1.29 is 4.52 Å². The molecule has 1 saturated heterocycles. The summed E-state index contributed by atoms with van der Waals surface area (Å²) < 4.78 is 5.37. The molecule has 0 aliphatic carbocycles. The second-order valence-electron chi connectivity index (χ2n) is 6.91. The van der Waals surface area contributed by atoms with Crippen molar-refractivity contribution in [3.8, 4) is 11.4 Å². The Morgan fingerprint density at radius 1 is 1.16 bits per heavy atom. The molecule has 0 spiro atoms. The molecule has 3 heterocycles. The first-order valence-electron chi connectivity index (χ1n) is 9.93. The third-order valence-corrected chi connectivity index (χ3v) is 5.17. The predicted octanol–water partition coefficient (Wildman–Crippen LogP) is 3.34. The standard InChI is InChI=1S/C21H24ClN7O.HI/c1-23-21(29-13-11-28(12-14-29)18-7-2-3-9-24-18)25-10-8-19-26-20(27-30-19)16-5-4-6-17(22)15-16;/h2-7,9,15H,8,10-14H2,1H3,(H,23,25);1H. The topological polar surface area (TPSA) is 82.7 Å². The third kappa shape index (κ3) is 6.07. The first-order chi connectivity index (χ1) is 14.7. The Labute approximate surface area is 203 Å². The van der Waals surface area contributed by atoms with Gasteiger partial charge in [-0.3, -0.25) is 4.99 Å². The van der Waals surface area contributed by atoms with Crippen LogP contribution in [0.1, 0.15) is 5.89 Å². The highest BCUT2D eigenvalue weighted by molar-refractivity contribution is 14.0. The van der Waals surface area contributed by atoms with Crippen molar-refractivity contribution in [1.82, 2.24) is 25.3 Å². The lowest BCUT2D eigenvalue weighted by Crippen LogP contribution is -2.53. The number of guanidine groups is 1. The summed E-state index contributed by atoms with van der Waals surface area (Å²) in [6.07, 6.45) is 2.44. The number of nitrogens with one attached hydrogen (secondary N) is 1. The van der Waals surface area contributed by atoms with Gasteiger partial charge in [0.25, 0.3) is 0 Å². The van der Waals surface area contributed by atoms with Gasteiger partial charge in [0.05, 0.1) is 0 Å². The number of halogens is 2. The van der Waals surface area contributed by atoms with Gasteiger partial charge in [0, 0.05) is 63.0 Å². The van der Waals surface area contributed by atoms with Crippen molar-refractivity contribution in [2.45, 2.75) is 6.42 Å². The number of hydrogen-bond donors (Lipinski definition) is 1. The summed E-state index contributed by atoms with van der Waals surface area (Å²) in [6.45, 7) is 4.24. The van der Waals surface area contributed by atoms with E-state index >= 15 is 0 Å². The summed E-state index contributed by atoms with van der Waals surface area (Å²) in [5, 5.41) is 8.09. The molecular weight excluding hydrogens is 529 g/mol. The maximum absolute atomic E-state index is 6.03. The molecular formula is C21H25ClIN7O. The van der Waals surface area contributed by atoms with E-state index in [0.717, 1.165) is 43.5 Å². The minimum Gasteiger partial charge on any atom is -0.356 e. The van der Waals surface area contributed by atoms with Crippen LogP contribution in [0.4, 0.5) is 5.82 Å². The highest BCUT2D eigenvalue weighted by atomic mass is 127. The van der Waals surface area contributed by atoms with Crippen LogP contribution in [0.5, 0.6) is 0 Å². The normalized spacial score (nSPS) is 14.3. The molecule has 0 amide bonds. The van der Waals surface area contributed by atoms with Crippen LogP contribution in [0.2, 0.25) is 5.02 Å². The van der Waals surface area contributed by atoms with Crippen LogP contribution in [0.15, 0.2) is 58.2 Å². The van der Waals surface area contributed by atoms with Gasteiger partial charge >= 0.3 is 0 Å². The van der Waals surface area contributed by atoms with E-state index in [4.69, 9.17) is 16.1 Å². The van der Waals surface area contributed by atoms with Gasteiger partial charge in [-0.05, 0) is 24.3 Å². The van der Waals surface area contributed by atoms with Gasteiger partial charge in [-0.2, -0.15) is 4.98 Å². The summed E-state index contributed by atoms with van der Waals surface area (Å²) in [4.78, 5) is 17.9. The average Bonchev–Trinajstić information content (AvgIpc) is 3.27. The maximum atomic E-state index is 6.03. The van der Waals surface area contributed by atoms with Gasteiger partial charge in [-0.15, -0.1) is 24.0 Å². The summed E-state index contributed by atoms with van der Waals surface area (Å²) >= 11 is 6.03. The van der Waals surface area contributed by atoms with Crippen LogP contribution in [0.25, 0.3) is 11.4 Å². The highest BCUT2D eigenvalue weighted by Gasteiger charge is 2.20. The molecule has 4 rings (SSSR count). The Bertz CT molecular complexity index is 990. The molecule has 1 aliphatic heterocycles. The quantitative estimate of drug-likeness (QED) is 0.295. The van der Waals surface area contributed by atoms with Crippen LogP contribution in [0.3, 0.4) is 0 Å². The van der Waals surface area contributed by atoms with E-state index in [1.54, 1.807) is 7.05 Å². The van der Waals surface area contributed by atoms with Crippen molar-refractivity contribution in [2.24, 2.45) is 4.99 Å². The Morgan fingerprint density at radius 2 is 2.00 bits per heavy atom. The van der Waals surface area contributed by atoms with Crippen LogP contribution in [-0.4, -0.2) is 65.8 Å². The minimum atomic E-state index is 0. The van der Waals surface area contributed by atoms with E-state index < -0.39 is 0 Å².